The average molecular weight is 413 g/mol. The Labute approximate surface area is 171 Å². The number of benzene rings is 2. The molecule has 0 spiro atoms. The molecule has 2 aromatic carbocycles. The maximum Gasteiger partial charge on any atom is 0.216 e. The van der Waals surface area contributed by atoms with E-state index in [0.29, 0.717) is 23.0 Å². The van der Waals surface area contributed by atoms with E-state index in [0.717, 1.165) is 18.4 Å². The first kappa shape index (κ1) is 20.7. The van der Waals surface area contributed by atoms with Crippen LogP contribution in [0.25, 0.3) is 5.69 Å². The smallest absolute Gasteiger partial charge is 0.216 e. The van der Waals surface area contributed by atoms with Crippen molar-refractivity contribution < 1.29 is 14.0 Å². The highest BCUT2D eigenvalue weighted by atomic mass is 32.2. The molecule has 0 saturated carbocycles. The lowest BCUT2D eigenvalue weighted by Gasteiger charge is -2.06. The van der Waals surface area contributed by atoms with Gasteiger partial charge in [-0.1, -0.05) is 42.1 Å². The molecule has 0 aliphatic rings. The van der Waals surface area contributed by atoms with Gasteiger partial charge in [0, 0.05) is 19.0 Å². The third kappa shape index (κ3) is 5.95. The zero-order valence-corrected chi connectivity index (χ0v) is 16.7. The second kappa shape index (κ2) is 9.92. The van der Waals surface area contributed by atoms with E-state index in [1.807, 2.05) is 12.1 Å². The van der Waals surface area contributed by atoms with Gasteiger partial charge in [-0.05, 0) is 47.0 Å². The van der Waals surface area contributed by atoms with Gasteiger partial charge in [0.1, 0.15) is 5.82 Å². The molecule has 1 heterocycles. The molecule has 0 bridgehead atoms. The second-order valence-corrected chi connectivity index (χ2v) is 7.29. The zero-order valence-electron chi connectivity index (χ0n) is 15.8. The molecule has 3 aromatic rings. The number of carbonyl (C=O) groups is 2. The minimum atomic E-state index is -0.387. The zero-order chi connectivity index (χ0) is 20.6. The fourth-order valence-corrected chi connectivity index (χ4v) is 3.45. The molecule has 0 fully saturated rings. The molecule has 3 rings (SSSR count). The van der Waals surface area contributed by atoms with Crippen molar-refractivity contribution in [3.63, 3.8) is 0 Å². The van der Waals surface area contributed by atoms with Crippen LogP contribution in [-0.4, -0.2) is 44.2 Å². The number of ketones is 1. The van der Waals surface area contributed by atoms with Gasteiger partial charge in [-0.15, -0.1) is 5.10 Å². The molecular weight excluding hydrogens is 393 g/mol. The molecule has 0 radical (unpaired) electrons. The molecule has 7 nitrogen and oxygen atoms in total. The number of halogens is 1. The Hall–Kier alpha value is -3.07. The van der Waals surface area contributed by atoms with Crippen LogP contribution in [0.4, 0.5) is 4.39 Å². The quantitative estimate of drug-likeness (QED) is 0.330. The topological polar surface area (TPSA) is 89.8 Å². The van der Waals surface area contributed by atoms with Gasteiger partial charge < -0.3 is 5.32 Å². The first-order valence-electron chi connectivity index (χ1n) is 9.06. The largest absolute Gasteiger partial charge is 0.356 e. The molecule has 9 heteroatoms. The minimum Gasteiger partial charge on any atom is -0.356 e. The Morgan fingerprint density at radius 3 is 2.69 bits per heavy atom. The van der Waals surface area contributed by atoms with Gasteiger partial charge in [0.15, 0.2) is 5.78 Å². The van der Waals surface area contributed by atoms with Gasteiger partial charge >= 0.3 is 0 Å². The molecule has 0 aliphatic carbocycles. The summed E-state index contributed by atoms with van der Waals surface area (Å²) in [5.41, 5.74) is 2.20. The van der Waals surface area contributed by atoms with Crippen molar-refractivity contribution in [2.45, 2.75) is 24.9 Å². The average Bonchev–Trinajstić information content (AvgIpc) is 3.18. The molecule has 0 saturated heterocycles. The van der Waals surface area contributed by atoms with E-state index in [2.05, 4.69) is 20.8 Å². The number of amides is 1. The van der Waals surface area contributed by atoms with Crippen molar-refractivity contribution in [3.8, 4) is 5.69 Å². The Morgan fingerprint density at radius 1 is 1.17 bits per heavy atom. The number of thioether (sulfide) groups is 1. The van der Waals surface area contributed by atoms with Crippen molar-refractivity contribution in [2.24, 2.45) is 0 Å². The third-order valence-electron chi connectivity index (χ3n) is 4.12. The molecule has 29 heavy (non-hydrogen) atoms. The fourth-order valence-electron chi connectivity index (χ4n) is 2.67. The van der Waals surface area contributed by atoms with Crippen LogP contribution in [0.2, 0.25) is 0 Å². The number of hydrogen-bond donors (Lipinski definition) is 1. The summed E-state index contributed by atoms with van der Waals surface area (Å²) in [5, 5.41) is 14.6. The van der Waals surface area contributed by atoms with Crippen LogP contribution >= 0.6 is 11.8 Å². The van der Waals surface area contributed by atoms with E-state index in [1.165, 1.54) is 35.5 Å². The molecule has 1 N–H and O–H groups in total. The Balaban J connectivity index is 1.55. The first-order valence-corrected chi connectivity index (χ1v) is 10.0. The summed E-state index contributed by atoms with van der Waals surface area (Å²) in [6.07, 6.45) is 1.66. The SMILES string of the molecule is CC(=O)NCCCc1ccc(C(=O)CSc2nnnn2-c2cccc(F)c2)cc1. The van der Waals surface area contributed by atoms with E-state index < -0.39 is 0 Å². The van der Waals surface area contributed by atoms with Crippen molar-refractivity contribution in [2.75, 3.05) is 12.3 Å². The van der Waals surface area contributed by atoms with Gasteiger partial charge in [0.2, 0.25) is 11.1 Å². The van der Waals surface area contributed by atoms with Gasteiger partial charge in [0.25, 0.3) is 0 Å². The van der Waals surface area contributed by atoms with Gasteiger partial charge in [-0.3, -0.25) is 9.59 Å². The number of aryl methyl sites for hydroxylation is 1. The summed E-state index contributed by atoms with van der Waals surface area (Å²) >= 11 is 1.20. The minimum absolute atomic E-state index is 0.0353. The molecular formula is C20H20FN5O2S. The predicted octanol–water partition coefficient (Wildman–Crippen LogP) is 2.85. The van der Waals surface area contributed by atoms with Crippen molar-refractivity contribution in [1.29, 1.82) is 0 Å². The van der Waals surface area contributed by atoms with Crippen molar-refractivity contribution >= 4 is 23.5 Å². The number of carbonyl (C=O) groups excluding carboxylic acids is 2. The number of Topliss-reactive ketones (excluding diaryl/α,β-unsaturated/α-hetero) is 1. The van der Waals surface area contributed by atoms with E-state index in [9.17, 15) is 14.0 Å². The highest BCUT2D eigenvalue weighted by Gasteiger charge is 2.13. The molecule has 1 amide bonds. The van der Waals surface area contributed by atoms with E-state index in [1.54, 1.807) is 24.3 Å². The third-order valence-corrected chi connectivity index (χ3v) is 5.04. The van der Waals surface area contributed by atoms with Crippen molar-refractivity contribution in [1.82, 2.24) is 25.5 Å². The van der Waals surface area contributed by atoms with Crippen LogP contribution in [0.5, 0.6) is 0 Å². The van der Waals surface area contributed by atoms with Gasteiger partial charge in [-0.25, -0.2) is 4.39 Å². The van der Waals surface area contributed by atoms with Crippen LogP contribution in [-0.2, 0) is 11.2 Å². The molecule has 1 aromatic heterocycles. The first-order chi connectivity index (χ1) is 14.0. The number of aromatic nitrogens is 4. The lowest BCUT2D eigenvalue weighted by Crippen LogP contribution is -2.21. The van der Waals surface area contributed by atoms with Gasteiger partial charge in [0.05, 0.1) is 11.4 Å². The number of nitrogens with zero attached hydrogens (tertiary/aromatic N) is 4. The highest BCUT2D eigenvalue weighted by Crippen LogP contribution is 2.20. The van der Waals surface area contributed by atoms with Crippen LogP contribution in [0, 0.1) is 5.82 Å². The van der Waals surface area contributed by atoms with Crippen LogP contribution < -0.4 is 5.32 Å². The highest BCUT2D eigenvalue weighted by molar-refractivity contribution is 7.99. The summed E-state index contributed by atoms with van der Waals surface area (Å²) in [6.45, 7) is 2.13. The van der Waals surface area contributed by atoms with Crippen molar-refractivity contribution in [3.05, 3.63) is 65.5 Å². The molecule has 150 valence electrons. The number of hydrogen-bond acceptors (Lipinski definition) is 6. The molecule has 0 aliphatic heterocycles. The number of nitrogens with one attached hydrogen (secondary N) is 1. The van der Waals surface area contributed by atoms with E-state index >= 15 is 0 Å². The van der Waals surface area contributed by atoms with E-state index in [-0.39, 0.29) is 23.3 Å². The monoisotopic (exact) mass is 413 g/mol. The summed E-state index contributed by atoms with van der Waals surface area (Å²) in [7, 11) is 0. The van der Waals surface area contributed by atoms with Crippen LogP contribution in [0.3, 0.4) is 0 Å². The van der Waals surface area contributed by atoms with E-state index in [4.69, 9.17) is 0 Å². The summed E-state index contributed by atoms with van der Waals surface area (Å²) in [4.78, 5) is 23.3. The second-order valence-electron chi connectivity index (χ2n) is 6.35. The van der Waals surface area contributed by atoms with Crippen LogP contribution in [0.1, 0.15) is 29.3 Å². The Bertz CT molecular complexity index is 991. The maximum absolute atomic E-state index is 13.4. The Kier molecular flexibility index (Phi) is 7.07. The summed E-state index contributed by atoms with van der Waals surface area (Å²) in [6, 6.07) is 13.4. The summed E-state index contributed by atoms with van der Waals surface area (Å²) < 4.78 is 14.8. The Morgan fingerprint density at radius 2 is 1.97 bits per heavy atom. The summed E-state index contributed by atoms with van der Waals surface area (Å²) in [5.74, 6) is -0.306. The predicted molar refractivity (Wildman–Crippen MR) is 108 cm³/mol. The number of tetrazole rings is 1. The molecule has 0 atom stereocenters. The lowest BCUT2D eigenvalue weighted by molar-refractivity contribution is -0.118. The normalized spacial score (nSPS) is 10.7. The van der Waals surface area contributed by atoms with Gasteiger partial charge in [-0.2, -0.15) is 4.68 Å². The van der Waals surface area contributed by atoms with Crippen LogP contribution in [0.15, 0.2) is 53.7 Å². The fraction of sp³-hybridized carbons (Fsp3) is 0.250. The standard InChI is InChI=1S/C20H20FN5O2S/c1-14(27)22-11-3-4-15-7-9-16(10-8-15)19(28)13-29-20-23-24-25-26(20)18-6-2-5-17(21)12-18/h2,5-10,12H,3-4,11,13H2,1H3,(H,22,27). The number of rotatable bonds is 9. The molecule has 0 unspecified atom stereocenters. The lowest BCUT2D eigenvalue weighted by atomic mass is 10.1. The maximum atomic E-state index is 13.4.